The first kappa shape index (κ1) is 17.9. The van der Waals surface area contributed by atoms with Crippen molar-refractivity contribution >= 4 is 22.9 Å². The summed E-state index contributed by atoms with van der Waals surface area (Å²) in [6, 6.07) is 12.7. The summed E-state index contributed by atoms with van der Waals surface area (Å²) in [6.45, 7) is 0.796. The van der Waals surface area contributed by atoms with Gasteiger partial charge in [0.1, 0.15) is 11.7 Å². The summed E-state index contributed by atoms with van der Waals surface area (Å²) >= 11 is 1.59. The number of aromatic nitrogens is 2. The average Bonchev–Trinajstić information content (AvgIpc) is 3.40. The van der Waals surface area contributed by atoms with E-state index < -0.39 is 0 Å². The molecule has 3 aromatic rings. The Morgan fingerprint density at radius 2 is 2.00 bits per heavy atom. The number of nitrogens with two attached hydrogens (primary N) is 1. The van der Waals surface area contributed by atoms with Crippen LogP contribution in [0, 0.1) is 0 Å². The Morgan fingerprint density at radius 1 is 1.19 bits per heavy atom. The predicted octanol–water partition coefficient (Wildman–Crippen LogP) is 4.60. The van der Waals surface area contributed by atoms with Gasteiger partial charge >= 0.3 is 0 Å². The van der Waals surface area contributed by atoms with Crippen LogP contribution in [0.4, 0.5) is 5.69 Å². The second-order valence-electron chi connectivity index (χ2n) is 6.98. The number of aromatic amines is 1. The monoisotopic (exact) mass is 379 g/mol. The van der Waals surface area contributed by atoms with Crippen LogP contribution in [0.2, 0.25) is 0 Å². The molecule has 1 aliphatic rings. The van der Waals surface area contributed by atoms with E-state index in [4.69, 9.17) is 5.73 Å². The van der Waals surface area contributed by atoms with Crippen LogP contribution in [0.25, 0.3) is 11.3 Å². The number of H-pyrrole nitrogens is 1. The van der Waals surface area contributed by atoms with Crippen LogP contribution in [0.3, 0.4) is 0 Å². The second-order valence-corrected chi connectivity index (χ2v) is 7.93. The molecule has 6 heteroatoms. The van der Waals surface area contributed by atoms with E-state index in [0.29, 0.717) is 11.9 Å². The van der Waals surface area contributed by atoms with Crippen molar-refractivity contribution < 1.29 is 0 Å². The standard InChI is InChI=1S/C21H25N5S/c22-21(19-7-4-12-27-19)25-17-10-8-15(9-11-17)18-13-24-20(26-18)14-23-16-5-2-1-3-6-16/h4,7-13,16,23H,1-3,5-6,14H2,(H2,22,25)(H,24,26). The average molecular weight is 380 g/mol. The summed E-state index contributed by atoms with van der Waals surface area (Å²) in [5, 5.41) is 5.62. The Morgan fingerprint density at radius 3 is 2.74 bits per heavy atom. The minimum absolute atomic E-state index is 0.551. The van der Waals surface area contributed by atoms with Crippen LogP contribution < -0.4 is 11.1 Å². The third kappa shape index (κ3) is 4.64. The van der Waals surface area contributed by atoms with Gasteiger partial charge in [-0.1, -0.05) is 37.5 Å². The minimum Gasteiger partial charge on any atom is -0.383 e. The largest absolute Gasteiger partial charge is 0.383 e. The molecule has 1 aromatic carbocycles. The van der Waals surface area contributed by atoms with E-state index in [-0.39, 0.29) is 0 Å². The SMILES string of the molecule is NC(=Nc1ccc(-c2cnc(CNC3CCCCC3)[nH]2)cc1)c1cccs1. The molecule has 1 saturated carbocycles. The molecule has 0 aliphatic heterocycles. The first-order chi connectivity index (χ1) is 13.3. The van der Waals surface area contributed by atoms with Gasteiger partial charge in [0.05, 0.1) is 29.0 Å². The lowest BCUT2D eigenvalue weighted by atomic mass is 9.95. The molecule has 1 fully saturated rings. The van der Waals surface area contributed by atoms with Crippen molar-refractivity contribution in [2.45, 2.75) is 44.7 Å². The maximum absolute atomic E-state index is 6.06. The number of amidine groups is 1. The summed E-state index contributed by atoms with van der Waals surface area (Å²) in [7, 11) is 0. The molecule has 0 radical (unpaired) electrons. The Balaban J connectivity index is 1.39. The summed E-state index contributed by atoms with van der Waals surface area (Å²) < 4.78 is 0. The quantitative estimate of drug-likeness (QED) is 0.433. The van der Waals surface area contributed by atoms with Gasteiger partial charge in [-0.3, -0.25) is 0 Å². The maximum Gasteiger partial charge on any atom is 0.141 e. The Kier molecular flexibility index (Phi) is 5.65. The van der Waals surface area contributed by atoms with Gasteiger partial charge in [0, 0.05) is 6.04 Å². The molecule has 2 aromatic heterocycles. The van der Waals surface area contributed by atoms with E-state index in [1.807, 2.05) is 48.0 Å². The molecule has 0 spiro atoms. The zero-order valence-electron chi connectivity index (χ0n) is 15.3. The van der Waals surface area contributed by atoms with Gasteiger partial charge in [0.2, 0.25) is 0 Å². The van der Waals surface area contributed by atoms with Crippen LogP contribution in [-0.4, -0.2) is 21.8 Å². The molecule has 0 atom stereocenters. The zero-order chi connectivity index (χ0) is 18.5. The number of rotatable bonds is 6. The summed E-state index contributed by atoms with van der Waals surface area (Å²) in [4.78, 5) is 13.4. The summed E-state index contributed by atoms with van der Waals surface area (Å²) in [5.74, 6) is 1.54. The third-order valence-corrected chi connectivity index (χ3v) is 5.89. The van der Waals surface area contributed by atoms with E-state index in [1.165, 1.54) is 32.1 Å². The number of imidazole rings is 1. The maximum atomic E-state index is 6.06. The molecule has 0 unspecified atom stereocenters. The molecule has 0 saturated heterocycles. The highest BCUT2D eigenvalue weighted by Gasteiger charge is 2.13. The summed E-state index contributed by atoms with van der Waals surface area (Å²) in [6.07, 6.45) is 8.52. The van der Waals surface area contributed by atoms with Gasteiger partial charge in [-0.25, -0.2) is 9.98 Å². The van der Waals surface area contributed by atoms with Crippen LogP contribution >= 0.6 is 11.3 Å². The number of aliphatic imine (C=N–C) groups is 1. The topological polar surface area (TPSA) is 79.1 Å². The third-order valence-electron chi connectivity index (χ3n) is 4.99. The predicted molar refractivity (Wildman–Crippen MR) is 112 cm³/mol. The van der Waals surface area contributed by atoms with Gasteiger partial charge in [-0.15, -0.1) is 11.3 Å². The zero-order valence-corrected chi connectivity index (χ0v) is 16.1. The van der Waals surface area contributed by atoms with Crippen molar-refractivity contribution in [1.29, 1.82) is 0 Å². The first-order valence-corrected chi connectivity index (χ1v) is 10.4. The number of nitrogens with one attached hydrogen (secondary N) is 2. The van der Waals surface area contributed by atoms with Crippen LogP contribution in [-0.2, 0) is 6.54 Å². The minimum atomic E-state index is 0.551. The van der Waals surface area contributed by atoms with Crippen molar-refractivity contribution in [3.63, 3.8) is 0 Å². The lowest BCUT2D eigenvalue weighted by Gasteiger charge is -2.22. The van der Waals surface area contributed by atoms with E-state index in [0.717, 1.165) is 34.2 Å². The van der Waals surface area contributed by atoms with E-state index in [1.54, 1.807) is 11.3 Å². The van der Waals surface area contributed by atoms with Crippen LogP contribution in [0.1, 0.15) is 42.8 Å². The van der Waals surface area contributed by atoms with Crippen molar-refractivity contribution in [1.82, 2.24) is 15.3 Å². The number of hydrogen-bond donors (Lipinski definition) is 3. The molecule has 0 amide bonds. The second kappa shape index (κ2) is 8.50. The number of hydrogen-bond acceptors (Lipinski definition) is 4. The van der Waals surface area contributed by atoms with Gasteiger partial charge < -0.3 is 16.0 Å². The molecule has 5 nitrogen and oxygen atoms in total. The van der Waals surface area contributed by atoms with Gasteiger partial charge in [-0.05, 0) is 42.0 Å². The molecule has 4 N–H and O–H groups in total. The molecule has 2 heterocycles. The Hall–Kier alpha value is -2.44. The highest BCUT2D eigenvalue weighted by atomic mass is 32.1. The molecule has 0 bridgehead atoms. The molecular weight excluding hydrogens is 354 g/mol. The van der Waals surface area contributed by atoms with Gasteiger partial charge in [0.25, 0.3) is 0 Å². The fourth-order valence-corrected chi connectivity index (χ4v) is 4.11. The van der Waals surface area contributed by atoms with Crippen molar-refractivity contribution in [3.05, 3.63) is 58.7 Å². The van der Waals surface area contributed by atoms with E-state index in [9.17, 15) is 0 Å². The lowest BCUT2D eigenvalue weighted by molar-refractivity contribution is 0.369. The molecule has 140 valence electrons. The molecular formula is C21H25N5S. The Labute approximate surface area is 163 Å². The Bertz CT molecular complexity index is 874. The fraction of sp³-hybridized carbons (Fsp3) is 0.333. The van der Waals surface area contributed by atoms with Crippen molar-refractivity contribution in [2.75, 3.05) is 0 Å². The normalized spacial score (nSPS) is 15.9. The van der Waals surface area contributed by atoms with Gasteiger partial charge in [0.15, 0.2) is 0 Å². The number of benzene rings is 1. The molecule has 4 rings (SSSR count). The van der Waals surface area contributed by atoms with Crippen LogP contribution in [0.5, 0.6) is 0 Å². The van der Waals surface area contributed by atoms with Gasteiger partial charge in [-0.2, -0.15) is 0 Å². The van der Waals surface area contributed by atoms with Crippen LogP contribution in [0.15, 0.2) is 53.0 Å². The first-order valence-electron chi connectivity index (χ1n) is 9.54. The number of nitrogens with zero attached hydrogens (tertiary/aromatic N) is 2. The number of thiophene rings is 1. The van der Waals surface area contributed by atoms with Crippen molar-refractivity contribution in [3.8, 4) is 11.3 Å². The van der Waals surface area contributed by atoms with Crippen molar-refractivity contribution in [2.24, 2.45) is 10.7 Å². The molecule has 1 aliphatic carbocycles. The summed E-state index contributed by atoms with van der Waals surface area (Å²) in [5.41, 5.74) is 9.03. The van der Waals surface area contributed by atoms with E-state index >= 15 is 0 Å². The fourth-order valence-electron chi connectivity index (χ4n) is 3.48. The smallest absolute Gasteiger partial charge is 0.141 e. The highest BCUT2D eigenvalue weighted by molar-refractivity contribution is 7.12. The molecule has 27 heavy (non-hydrogen) atoms. The highest BCUT2D eigenvalue weighted by Crippen LogP contribution is 2.22. The lowest BCUT2D eigenvalue weighted by Crippen LogP contribution is -2.30. The van der Waals surface area contributed by atoms with E-state index in [2.05, 4.69) is 20.3 Å².